The Morgan fingerprint density at radius 2 is 1.56 bits per heavy atom. The third kappa shape index (κ3) is 9.89. The smallest absolute Gasteiger partial charge is 0.325 e. The molecule has 3 saturated carbocycles. The number of unbranched alkanes of at least 4 members (excludes halogenated alkanes) is 6. The first-order valence-electron chi connectivity index (χ1n) is 20.6. The molecule has 4 N–H and O–H groups in total. The average molecular weight is 670 g/mol. The Kier molecular flexibility index (Phi) is 15.4. The van der Waals surface area contributed by atoms with Crippen molar-refractivity contribution >= 4 is 11.9 Å². The number of ether oxygens (including phenoxy) is 1. The first-order valence-corrected chi connectivity index (χ1v) is 20.6. The van der Waals surface area contributed by atoms with Crippen molar-refractivity contribution in [2.75, 3.05) is 26.2 Å². The van der Waals surface area contributed by atoms with Gasteiger partial charge in [0.15, 0.2) is 0 Å². The van der Waals surface area contributed by atoms with Crippen molar-refractivity contribution in [3.8, 4) is 0 Å². The van der Waals surface area contributed by atoms with Crippen LogP contribution in [0.5, 0.6) is 0 Å². The summed E-state index contributed by atoms with van der Waals surface area (Å²) in [4.78, 5) is 28.2. The molecule has 0 saturated heterocycles. The predicted octanol–water partition coefficient (Wildman–Crippen LogP) is 9.20. The van der Waals surface area contributed by atoms with E-state index in [-0.39, 0.29) is 29.9 Å². The van der Waals surface area contributed by atoms with Gasteiger partial charge in [-0.05, 0) is 130 Å². The fourth-order valence-electron chi connectivity index (χ4n) is 11.2. The Morgan fingerprint density at radius 1 is 0.854 bits per heavy atom. The number of amides is 1. The Bertz CT molecular complexity index is 1040. The van der Waals surface area contributed by atoms with Crippen LogP contribution in [0, 0.1) is 46.3 Å². The molecule has 276 valence electrons. The zero-order valence-corrected chi connectivity index (χ0v) is 31.9. The molecule has 4 aliphatic rings. The van der Waals surface area contributed by atoms with Gasteiger partial charge in [0, 0.05) is 19.4 Å². The van der Waals surface area contributed by atoms with Crippen molar-refractivity contribution in [2.24, 2.45) is 57.8 Å². The zero-order chi connectivity index (χ0) is 34.7. The molecule has 8 atom stereocenters. The number of carbonyl (C=O) groups excluding carboxylic acids is 2. The molecule has 4 rings (SSSR count). The maximum Gasteiger partial charge on any atom is 0.325 e. The third-order valence-corrected chi connectivity index (χ3v) is 14.0. The van der Waals surface area contributed by atoms with Crippen LogP contribution in [0.15, 0.2) is 11.6 Å². The molecule has 6 heteroatoms. The van der Waals surface area contributed by atoms with Crippen molar-refractivity contribution in [1.82, 2.24) is 4.90 Å². The van der Waals surface area contributed by atoms with Crippen molar-refractivity contribution < 1.29 is 14.3 Å². The summed E-state index contributed by atoms with van der Waals surface area (Å²) in [5.41, 5.74) is 13.6. The van der Waals surface area contributed by atoms with E-state index in [9.17, 15) is 9.59 Å². The number of nitrogens with two attached hydrogens (primary N) is 2. The number of allylic oxidation sites excluding steroid dienone is 1. The van der Waals surface area contributed by atoms with Gasteiger partial charge in [0.05, 0.1) is 0 Å². The number of hydrogen-bond acceptors (Lipinski definition) is 5. The van der Waals surface area contributed by atoms with Gasteiger partial charge in [0.1, 0.15) is 12.6 Å². The summed E-state index contributed by atoms with van der Waals surface area (Å²) in [6, 6.07) is 0. The van der Waals surface area contributed by atoms with Crippen LogP contribution >= 0.6 is 0 Å². The van der Waals surface area contributed by atoms with Gasteiger partial charge >= 0.3 is 5.97 Å². The molecule has 4 aliphatic carbocycles. The molecule has 0 bridgehead atoms. The van der Waals surface area contributed by atoms with E-state index in [1.165, 1.54) is 64.2 Å². The minimum atomic E-state index is -0.235. The first kappa shape index (κ1) is 39.4. The van der Waals surface area contributed by atoms with E-state index in [2.05, 4.69) is 40.7 Å². The highest BCUT2D eigenvalue weighted by atomic mass is 16.5. The molecule has 1 unspecified atom stereocenters. The van der Waals surface area contributed by atoms with E-state index >= 15 is 0 Å². The lowest BCUT2D eigenvalue weighted by Crippen LogP contribution is -2.51. The molecule has 0 spiro atoms. The highest BCUT2D eigenvalue weighted by Crippen LogP contribution is 2.67. The lowest BCUT2D eigenvalue weighted by atomic mass is 9.47. The fourth-order valence-corrected chi connectivity index (χ4v) is 11.2. The number of nitrogens with zero attached hydrogens (tertiary/aromatic N) is 1. The third-order valence-electron chi connectivity index (χ3n) is 14.0. The minimum Gasteiger partial charge on any atom is -0.461 e. The van der Waals surface area contributed by atoms with Gasteiger partial charge in [-0.3, -0.25) is 9.59 Å². The lowest BCUT2D eigenvalue weighted by Gasteiger charge is -2.58. The van der Waals surface area contributed by atoms with Gasteiger partial charge < -0.3 is 21.1 Å². The van der Waals surface area contributed by atoms with Crippen LogP contribution in [0.4, 0.5) is 0 Å². The molecular weight excluding hydrogens is 594 g/mol. The van der Waals surface area contributed by atoms with Crippen LogP contribution in [0.3, 0.4) is 0 Å². The van der Waals surface area contributed by atoms with Crippen LogP contribution < -0.4 is 11.5 Å². The Morgan fingerprint density at radius 3 is 2.29 bits per heavy atom. The van der Waals surface area contributed by atoms with Gasteiger partial charge in [-0.25, -0.2) is 0 Å². The molecule has 0 aliphatic heterocycles. The Hall–Kier alpha value is -1.40. The standard InChI is InChI=1S/C42H75N3O3/c1-31(2)15-14-16-32(3)36-20-21-37-35-19-18-33-29-34(22-24-41(33,4)38(35)23-25-42(36,37)5)48-40(47)30-45(39(46)17-10-12-27-44)28-13-9-7-6-8-11-26-43/h18,31-32,34-38H,6-17,19-30,43-44H2,1-5H3/t32?,34-,35-,36+,37-,38-,41-,42+/m0/s1. The summed E-state index contributed by atoms with van der Waals surface area (Å²) in [5, 5.41) is 0. The van der Waals surface area contributed by atoms with Crippen LogP contribution in [0.2, 0.25) is 0 Å². The summed E-state index contributed by atoms with van der Waals surface area (Å²) < 4.78 is 6.17. The molecule has 48 heavy (non-hydrogen) atoms. The molecule has 1 amide bonds. The largest absolute Gasteiger partial charge is 0.461 e. The van der Waals surface area contributed by atoms with Crippen LogP contribution in [0.25, 0.3) is 0 Å². The topological polar surface area (TPSA) is 98.6 Å². The van der Waals surface area contributed by atoms with Crippen LogP contribution in [-0.4, -0.2) is 49.1 Å². The zero-order valence-electron chi connectivity index (χ0n) is 31.9. The lowest BCUT2D eigenvalue weighted by molar-refractivity contribution is -0.156. The molecule has 0 aromatic carbocycles. The Balaban J connectivity index is 1.31. The maximum absolute atomic E-state index is 13.3. The second kappa shape index (κ2) is 18.7. The van der Waals surface area contributed by atoms with E-state index in [4.69, 9.17) is 16.2 Å². The minimum absolute atomic E-state index is 0.0594. The Labute approximate surface area is 295 Å². The number of esters is 1. The normalized spacial score (nSPS) is 31.8. The van der Waals surface area contributed by atoms with E-state index in [1.54, 1.807) is 10.5 Å². The van der Waals surface area contributed by atoms with Crippen molar-refractivity contribution in [1.29, 1.82) is 0 Å². The predicted molar refractivity (Wildman–Crippen MR) is 199 cm³/mol. The van der Waals surface area contributed by atoms with Crippen LogP contribution in [0.1, 0.15) is 163 Å². The average Bonchev–Trinajstić information content (AvgIpc) is 3.41. The van der Waals surface area contributed by atoms with E-state index in [1.807, 2.05) is 0 Å². The second-order valence-electron chi connectivity index (χ2n) is 17.6. The van der Waals surface area contributed by atoms with E-state index in [0.717, 1.165) is 99.8 Å². The van der Waals surface area contributed by atoms with Gasteiger partial charge in [0.2, 0.25) is 5.91 Å². The molecule has 0 heterocycles. The van der Waals surface area contributed by atoms with Gasteiger partial charge in [-0.2, -0.15) is 0 Å². The summed E-state index contributed by atoms with van der Waals surface area (Å²) in [5.74, 6) is 4.80. The molecule has 0 aromatic heterocycles. The highest BCUT2D eigenvalue weighted by molar-refractivity contribution is 5.82. The maximum atomic E-state index is 13.3. The molecule has 0 aromatic rings. The first-order chi connectivity index (χ1) is 23.0. The van der Waals surface area contributed by atoms with E-state index in [0.29, 0.717) is 24.9 Å². The molecule has 3 fully saturated rings. The van der Waals surface area contributed by atoms with Crippen molar-refractivity contribution in [2.45, 2.75) is 169 Å². The monoisotopic (exact) mass is 670 g/mol. The summed E-state index contributed by atoms with van der Waals surface area (Å²) >= 11 is 0. The number of rotatable bonds is 20. The summed E-state index contributed by atoms with van der Waals surface area (Å²) in [7, 11) is 0. The summed E-state index contributed by atoms with van der Waals surface area (Å²) in [6.07, 6.45) is 25.0. The highest BCUT2D eigenvalue weighted by Gasteiger charge is 2.59. The van der Waals surface area contributed by atoms with Gasteiger partial charge in [0.25, 0.3) is 0 Å². The number of carbonyl (C=O) groups is 2. The summed E-state index contributed by atoms with van der Waals surface area (Å²) in [6.45, 7) is 14.6. The SMILES string of the molecule is CC(C)CCCC(C)[C@H]1CC[C@H]2[C@@H]3CC=C4C[C@@H](OC(=O)CN(CCCCCCCCN)C(=O)CCCCN)CC[C@]4(C)[C@H]3CC[C@]12C. The quantitative estimate of drug-likeness (QED) is 0.0765. The van der Waals surface area contributed by atoms with E-state index < -0.39 is 0 Å². The van der Waals surface area contributed by atoms with Gasteiger partial charge in [-0.1, -0.05) is 91.2 Å². The number of fused-ring (bicyclic) bond motifs is 5. The number of hydrogen-bond donors (Lipinski definition) is 2. The molecule has 6 nitrogen and oxygen atoms in total. The second-order valence-corrected chi connectivity index (χ2v) is 17.6. The van der Waals surface area contributed by atoms with Gasteiger partial charge in [-0.15, -0.1) is 0 Å². The van der Waals surface area contributed by atoms with Crippen LogP contribution in [-0.2, 0) is 14.3 Å². The fraction of sp³-hybridized carbons (Fsp3) is 0.905. The molecular formula is C42H75N3O3. The van der Waals surface area contributed by atoms with Crippen molar-refractivity contribution in [3.05, 3.63) is 11.6 Å². The van der Waals surface area contributed by atoms with Crippen molar-refractivity contribution in [3.63, 3.8) is 0 Å². The molecule has 0 radical (unpaired) electrons.